The third-order valence-electron chi connectivity index (χ3n) is 2.03. The standard InChI is InChI=1S/C11H23NO3/c1-9(2)6-11(15,7-10(13)14)8-12(3,4)5/h9,15H,6-8H2,1-5H3/t11-/m1/s1. The summed E-state index contributed by atoms with van der Waals surface area (Å²) >= 11 is 0. The Kier molecular flexibility index (Phi) is 4.74. The van der Waals surface area contributed by atoms with Gasteiger partial charge in [0.2, 0.25) is 0 Å². The van der Waals surface area contributed by atoms with E-state index in [-0.39, 0.29) is 12.3 Å². The average molecular weight is 217 g/mol. The van der Waals surface area contributed by atoms with Gasteiger partial charge in [-0.1, -0.05) is 13.8 Å². The van der Waals surface area contributed by atoms with Crippen LogP contribution < -0.4 is 5.11 Å². The minimum Gasteiger partial charge on any atom is -0.550 e. The molecular weight excluding hydrogens is 194 g/mol. The van der Waals surface area contributed by atoms with E-state index >= 15 is 0 Å². The summed E-state index contributed by atoms with van der Waals surface area (Å²) in [5.74, 6) is -0.924. The Bertz CT molecular complexity index is 220. The second kappa shape index (κ2) is 4.94. The fourth-order valence-electron chi connectivity index (χ4n) is 2.10. The van der Waals surface area contributed by atoms with Gasteiger partial charge in [-0.05, 0) is 12.3 Å². The van der Waals surface area contributed by atoms with Crippen LogP contribution in [0, 0.1) is 5.92 Å². The van der Waals surface area contributed by atoms with E-state index in [1.54, 1.807) is 0 Å². The SMILES string of the molecule is CC(C)C[C@@](O)(CC(=O)[O-])C[N+](C)(C)C. The number of nitrogens with zero attached hydrogens (tertiary/aromatic N) is 1. The normalized spacial score (nSPS) is 16.5. The van der Waals surface area contributed by atoms with Gasteiger partial charge in [0, 0.05) is 12.4 Å². The van der Waals surface area contributed by atoms with Gasteiger partial charge in [0.05, 0.1) is 21.1 Å². The van der Waals surface area contributed by atoms with Crippen LogP contribution in [0.4, 0.5) is 0 Å². The van der Waals surface area contributed by atoms with Gasteiger partial charge in [0.15, 0.2) is 0 Å². The number of quaternary nitrogens is 1. The molecule has 4 nitrogen and oxygen atoms in total. The Balaban J connectivity index is 4.61. The highest BCUT2D eigenvalue weighted by Crippen LogP contribution is 2.22. The molecule has 0 rings (SSSR count). The quantitative estimate of drug-likeness (QED) is 0.616. The Morgan fingerprint density at radius 2 is 1.87 bits per heavy atom. The average Bonchev–Trinajstić information content (AvgIpc) is 1.73. The van der Waals surface area contributed by atoms with Gasteiger partial charge in [0.1, 0.15) is 12.1 Å². The van der Waals surface area contributed by atoms with Crippen molar-refractivity contribution in [3.05, 3.63) is 0 Å². The number of likely N-dealkylation sites (N-methyl/N-ethyl adjacent to an activating group) is 1. The minimum atomic E-state index is -1.19. The largest absolute Gasteiger partial charge is 0.550 e. The highest BCUT2D eigenvalue weighted by Gasteiger charge is 2.34. The lowest BCUT2D eigenvalue weighted by molar-refractivity contribution is -0.877. The van der Waals surface area contributed by atoms with Gasteiger partial charge >= 0.3 is 0 Å². The van der Waals surface area contributed by atoms with Crippen molar-refractivity contribution in [3.63, 3.8) is 0 Å². The molecule has 0 unspecified atom stereocenters. The maximum Gasteiger partial charge on any atom is 0.119 e. The van der Waals surface area contributed by atoms with Crippen LogP contribution in [0.5, 0.6) is 0 Å². The van der Waals surface area contributed by atoms with Crippen molar-refractivity contribution in [1.82, 2.24) is 0 Å². The van der Waals surface area contributed by atoms with Gasteiger partial charge < -0.3 is 19.5 Å². The number of aliphatic hydroxyl groups is 1. The lowest BCUT2D eigenvalue weighted by Crippen LogP contribution is -2.52. The fraction of sp³-hybridized carbons (Fsp3) is 0.909. The molecule has 0 aromatic rings. The van der Waals surface area contributed by atoms with Crippen molar-refractivity contribution in [2.75, 3.05) is 27.7 Å². The highest BCUT2D eigenvalue weighted by molar-refractivity contribution is 5.65. The zero-order valence-electron chi connectivity index (χ0n) is 10.4. The van der Waals surface area contributed by atoms with Crippen LogP contribution in [-0.2, 0) is 4.79 Å². The first-order valence-corrected chi connectivity index (χ1v) is 5.27. The summed E-state index contributed by atoms with van der Waals surface area (Å²) in [6, 6.07) is 0. The van der Waals surface area contributed by atoms with Crippen molar-refractivity contribution in [1.29, 1.82) is 0 Å². The van der Waals surface area contributed by atoms with Crippen molar-refractivity contribution >= 4 is 5.97 Å². The first kappa shape index (κ1) is 14.4. The molecule has 0 aromatic heterocycles. The zero-order valence-corrected chi connectivity index (χ0v) is 10.4. The molecule has 0 aromatic carbocycles. The van der Waals surface area contributed by atoms with Crippen LogP contribution in [0.3, 0.4) is 0 Å². The van der Waals surface area contributed by atoms with E-state index in [1.165, 1.54) is 0 Å². The monoisotopic (exact) mass is 217 g/mol. The van der Waals surface area contributed by atoms with Crippen LogP contribution in [-0.4, -0.2) is 48.8 Å². The van der Waals surface area contributed by atoms with E-state index in [4.69, 9.17) is 0 Å². The number of carboxylic acid groups (broad SMARTS) is 1. The number of carbonyl (C=O) groups is 1. The van der Waals surface area contributed by atoms with Crippen molar-refractivity contribution in [2.45, 2.75) is 32.3 Å². The summed E-state index contributed by atoms with van der Waals surface area (Å²) < 4.78 is 0.538. The molecule has 0 amide bonds. The van der Waals surface area contributed by atoms with E-state index in [0.29, 0.717) is 17.4 Å². The van der Waals surface area contributed by atoms with E-state index in [0.717, 1.165) is 0 Å². The highest BCUT2D eigenvalue weighted by atomic mass is 16.4. The Labute approximate surface area is 92.1 Å². The number of aliphatic carboxylic acids is 1. The molecule has 0 fully saturated rings. The predicted octanol–water partition coefficient (Wildman–Crippen LogP) is -0.390. The summed E-state index contributed by atoms with van der Waals surface area (Å²) in [5.41, 5.74) is -1.16. The fourth-order valence-corrected chi connectivity index (χ4v) is 2.10. The smallest absolute Gasteiger partial charge is 0.119 e. The molecule has 0 heterocycles. The van der Waals surface area contributed by atoms with Crippen molar-refractivity contribution in [2.24, 2.45) is 5.92 Å². The maximum absolute atomic E-state index is 10.6. The molecule has 15 heavy (non-hydrogen) atoms. The lowest BCUT2D eigenvalue weighted by atomic mass is 9.88. The van der Waals surface area contributed by atoms with Crippen LogP contribution in [0.2, 0.25) is 0 Å². The number of carboxylic acids is 1. The third-order valence-corrected chi connectivity index (χ3v) is 2.03. The molecule has 90 valence electrons. The van der Waals surface area contributed by atoms with Crippen LogP contribution in [0.1, 0.15) is 26.7 Å². The molecule has 1 N–H and O–H groups in total. The van der Waals surface area contributed by atoms with Crippen LogP contribution in [0.15, 0.2) is 0 Å². The van der Waals surface area contributed by atoms with Gasteiger partial charge in [0.25, 0.3) is 0 Å². The Morgan fingerprint density at radius 1 is 1.40 bits per heavy atom. The molecule has 0 saturated carbocycles. The van der Waals surface area contributed by atoms with Gasteiger partial charge in [-0.3, -0.25) is 0 Å². The zero-order chi connectivity index (χ0) is 12.3. The number of rotatable bonds is 6. The summed E-state index contributed by atoms with van der Waals surface area (Å²) in [6.07, 6.45) is 0.192. The van der Waals surface area contributed by atoms with E-state index < -0.39 is 11.6 Å². The van der Waals surface area contributed by atoms with Crippen LogP contribution in [0.25, 0.3) is 0 Å². The van der Waals surface area contributed by atoms with E-state index in [1.807, 2.05) is 35.0 Å². The summed E-state index contributed by atoms with van der Waals surface area (Å²) in [6.45, 7) is 4.35. The van der Waals surface area contributed by atoms with E-state index in [9.17, 15) is 15.0 Å². The molecule has 0 aliphatic rings. The molecule has 0 aliphatic heterocycles. The molecule has 0 saturated heterocycles. The molecule has 0 bridgehead atoms. The topological polar surface area (TPSA) is 60.4 Å². The lowest BCUT2D eigenvalue weighted by Gasteiger charge is -2.36. The second-order valence-corrected chi connectivity index (χ2v) is 5.82. The number of hydrogen-bond acceptors (Lipinski definition) is 3. The summed E-state index contributed by atoms with van der Waals surface area (Å²) in [7, 11) is 5.79. The van der Waals surface area contributed by atoms with Gasteiger partial charge in [-0.15, -0.1) is 0 Å². The van der Waals surface area contributed by atoms with E-state index in [2.05, 4.69) is 0 Å². The molecule has 4 heteroatoms. The number of carbonyl (C=O) groups excluding carboxylic acids is 1. The predicted molar refractivity (Wildman–Crippen MR) is 56.9 cm³/mol. The molecule has 1 atom stereocenters. The second-order valence-electron chi connectivity index (χ2n) is 5.82. The van der Waals surface area contributed by atoms with Crippen molar-refractivity contribution in [3.8, 4) is 0 Å². The Morgan fingerprint density at radius 3 is 2.13 bits per heavy atom. The first-order valence-electron chi connectivity index (χ1n) is 5.27. The number of hydrogen-bond donors (Lipinski definition) is 1. The summed E-state index contributed by atoms with van der Waals surface area (Å²) in [5, 5.41) is 20.9. The Hall–Kier alpha value is -0.610. The maximum atomic E-state index is 10.6. The van der Waals surface area contributed by atoms with Gasteiger partial charge in [-0.2, -0.15) is 0 Å². The molecule has 0 radical (unpaired) electrons. The van der Waals surface area contributed by atoms with Crippen LogP contribution >= 0.6 is 0 Å². The molecule has 0 spiro atoms. The molecule has 0 aliphatic carbocycles. The summed E-state index contributed by atoms with van der Waals surface area (Å²) in [4.78, 5) is 10.6. The van der Waals surface area contributed by atoms with Crippen molar-refractivity contribution < 1.29 is 19.5 Å². The first-order chi connectivity index (χ1) is 6.54. The third kappa shape index (κ3) is 7.33. The minimum absolute atomic E-state index is 0.265. The van der Waals surface area contributed by atoms with Gasteiger partial charge in [-0.25, -0.2) is 0 Å². The molecular formula is C11H23NO3.